The molecule has 2 heterocycles. The molecule has 1 aromatic carbocycles. The van der Waals surface area contributed by atoms with Crippen molar-refractivity contribution in [3.05, 3.63) is 62.8 Å². The molecule has 0 fully saturated rings. The third-order valence-electron chi connectivity index (χ3n) is 3.17. The fourth-order valence-electron chi connectivity index (χ4n) is 2.09. The Morgan fingerprint density at radius 3 is 2.57 bits per heavy atom. The van der Waals surface area contributed by atoms with Crippen molar-refractivity contribution in [1.82, 2.24) is 14.5 Å². The molecule has 7 heteroatoms. The first-order valence-corrected chi connectivity index (χ1v) is 6.03. The molecule has 0 spiro atoms. The summed E-state index contributed by atoms with van der Waals surface area (Å²) in [6.07, 6.45) is 0. The Labute approximate surface area is 116 Å². The zero-order chi connectivity index (χ0) is 15.1. The minimum Gasteiger partial charge on any atom is -0.281 e. The van der Waals surface area contributed by atoms with Gasteiger partial charge in [-0.1, -0.05) is 12.1 Å². The van der Waals surface area contributed by atoms with Gasteiger partial charge in [-0.15, -0.1) is 0 Å². The summed E-state index contributed by atoms with van der Waals surface area (Å²) in [4.78, 5) is 29.2. The van der Waals surface area contributed by atoms with E-state index in [2.05, 4.69) is 9.97 Å². The van der Waals surface area contributed by atoms with Crippen LogP contribution < -0.4 is 11.2 Å². The highest BCUT2D eigenvalue weighted by Gasteiger charge is 2.16. The van der Waals surface area contributed by atoms with Crippen LogP contribution in [0.1, 0.15) is 0 Å². The number of pyridine rings is 1. The van der Waals surface area contributed by atoms with Crippen molar-refractivity contribution in [3.63, 3.8) is 0 Å². The Balaban J connectivity index is 2.44. The number of nitrogens with zero attached hydrogens (tertiary/aromatic N) is 2. The lowest BCUT2D eigenvalue weighted by Crippen LogP contribution is -2.29. The Kier molecular flexibility index (Phi) is 2.90. The van der Waals surface area contributed by atoms with Gasteiger partial charge in [-0.05, 0) is 18.2 Å². The smallest absolute Gasteiger partial charge is 0.281 e. The fourth-order valence-corrected chi connectivity index (χ4v) is 2.09. The minimum absolute atomic E-state index is 0.0107. The fraction of sp³-hybridized carbons (Fsp3) is 0.0714. The summed E-state index contributed by atoms with van der Waals surface area (Å²) in [5.74, 6) is -1.48. The van der Waals surface area contributed by atoms with E-state index in [1.54, 1.807) is 6.07 Å². The van der Waals surface area contributed by atoms with E-state index < -0.39 is 22.9 Å². The largest absolute Gasteiger partial charge is 0.329 e. The summed E-state index contributed by atoms with van der Waals surface area (Å²) in [6, 6.07) is 6.51. The van der Waals surface area contributed by atoms with Gasteiger partial charge in [-0.25, -0.2) is 18.6 Å². The van der Waals surface area contributed by atoms with Crippen LogP contribution in [0.2, 0.25) is 0 Å². The second kappa shape index (κ2) is 4.62. The topological polar surface area (TPSA) is 67.8 Å². The average molecular weight is 289 g/mol. The van der Waals surface area contributed by atoms with Crippen LogP contribution in [0.5, 0.6) is 0 Å². The summed E-state index contributed by atoms with van der Waals surface area (Å²) in [7, 11) is 1.39. The molecule has 5 nitrogen and oxygen atoms in total. The standard InChI is InChI=1S/C14H9F2N3O2/c1-19-12-8(13(20)18-14(19)21)6-10(16)11(17-12)7-4-2-3-5-9(7)15/h2-6H,1H3,(H,18,20,21). The molecule has 0 saturated heterocycles. The normalized spacial score (nSPS) is 11.0. The molecule has 0 amide bonds. The van der Waals surface area contributed by atoms with Crippen molar-refractivity contribution in [2.45, 2.75) is 0 Å². The molecule has 0 saturated carbocycles. The van der Waals surface area contributed by atoms with Crippen molar-refractivity contribution in [1.29, 1.82) is 0 Å². The molecule has 3 aromatic rings. The van der Waals surface area contributed by atoms with E-state index in [9.17, 15) is 18.4 Å². The Bertz CT molecular complexity index is 976. The average Bonchev–Trinajstić information content (AvgIpc) is 2.45. The molecule has 0 aliphatic carbocycles. The minimum atomic E-state index is -0.836. The highest BCUT2D eigenvalue weighted by Crippen LogP contribution is 2.25. The van der Waals surface area contributed by atoms with Crippen molar-refractivity contribution in [3.8, 4) is 11.3 Å². The van der Waals surface area contributed by atoms with Crippen molar-refractivity contribution >= 4 is 11.0 Å². The molecule has 21 heavy (non-hydrogen) atoms. The van der Waals surface area contributed by atoms with E-state index in [1.807, 2.05) is 0 Å². The number of aromatic nitrogens is 3. The Morgan fingerprint density at radius 2 is 1.86 bits per heavy atom. The molecule has 0 radical (unpaired) electrons. The van der Waals surface area contributed by atoms with E-state index in [4.69, 9.17) is 0 Å². The van der Waals surface area contributed by atoms with Gasteiger partial charge in [0.05, 0.1) is 5.39 Å². The molecular weight excluding hydrogens is 280 g/mol. The molecule has 0 aliphatic rings. The number of aromatic amines is 1. The second-order valence-electron chi connectivity index (χ2n) is 4.49. The van der Waals surface area contributed by atoms with Crippen LogP contribution >= 0.6 is 0 Å². The van der Waals surface area contributed by atoms with Crippen molar-refractivity contribution < 1.29 is 8.78 Å². The third kappa shape index (κ3) is 2.03. The van der Waals surface area contributed by atoms with Gasteiger partial charge in [0.25, 0.3) is 5.56 Å². The van der Waals surface area contributed by atoms with Crippen molar-refractivity contribution in [2.75, 3.05) is 0 Å². The number of hydrogen-bond donors (Lipinski definition) is 1. The van der Waals surface area contributed by atoms with E-state index in [0.29, 0.717) is 0 Å². The highest BCUT2D eigenvalue weighted by atomic mass is 19.1. The lowest BCUT2D eigenvalue weighted by atomic mass is 10.1. The van der Waals surface area contributed by atoms with Crippen LogP contribution in [-0.4, -0.2) is 14.5 Å². The first kappa shape index (κ1) is 13.2. The number of halogens is 2. The van der Waals surface area contributed by atoms with Gasteiger partial charge in [0.2, 0.25) is 0 Å². The number of rotatable bonds is 1. The third-order valence-corrected chi connectivity index (χ3v) is 3.17. The number of fused-ring (bicyclic) bond motifs is 1. The number of benzene rings is 1. The summed E-state index contributed by atoms with van der Waals surface area (Å²) in [5, 5.41) is -0.0744. The van der Waals surface area contributed by atoms with E-state index >= 15 is 0 Å². The van der Waals surface area contributed by atoms with Crippen LogP contribution in [0.3, 0.4) is 0 Å². The number of nitrogens with one attached hydrogen (secondary N) is 1. The Morgan fingerprint density at radius 1 is 1.14 bits per heavy atom. The van der Waals surface area contributed by atoms with Crippen LogP contribution in [-0.2, 0) is 7.05 Å². The van der Waals surface area contributed by atoms with E-state index in [1.165, 1.54) is 25.2 Å². The summed E-state index contributed by atoms with van der Waals surface area (Å²) in [5.41, 5.74) is -1.71. The molecule has 1 N–H and O–H groups in total. The van der Waals surface area contributed by atoms with Gasteiger partial charge in [0.15, 0.2) is 5.82 Å². The molecule has 0 aliphatic heterocycles. The molecule has 0 atom stereocenters. The van der Waals surface area contributed by atoms with Crippen molar-refractivity contribution in [2.24, 2.45) is 7.05 Å². The van der Waals surface area contributed by atoms with E-state index in [0.717, 1.165) is 10.6 Å². The molecule has 3 rings (SSSR count). The van der Waals surface area contributed by atoms with Gasteiger partial charge >= 0.3 is 5.69 Å². The van der Waals surface area contributed by atoms with Gasteiger partial charge in [0.1, 0.15) is 17.2 Å². The molecular formula is C14H9F2N3O2. The molecule has 2 aromatic heterocycles. The maximum atomic E-state index is 14.1. The maximum absolute atomic E-state index is 14.1. The number of aryl methyl sites for hydroxylation is 1. The molecule has 106 valence electrons. The number of H-pyrrole nitrogens is 1. The monoisotopic (exact) mass is 289 g/mol. The lowest BCUT2D eigenvalue weighted by molar-refractivity contribution is 0.612. The van der Waals surface area contributed by atoms with Crippen LogP contribution in [0.4, 0.5) is 8.78 Å². The SMILES string of the molecule is Cn1c(=O)[nH]c(=O)c2cc(F)c(-c3ccccc3F)nc21. The first-order valence-electron chi connectivity index (χ1n) is 6.03. The lowest BCUT2D eigenvalue weighted by Gasteiger charge is -2.08. The van der Waals surface area contributed by atoms with E-state index in [-0.39, 0.29) is 22.3 Å². The summed E-state index contributed by atoms with van der Waals surface area (Å²) in [6.45, 7) is 0. The first-order chi connectivity index (χ1) is 9.99. The van der Waals surface area contributed by atoms with Crippen LogP contribution in [0, 0.1) is 11.6 Å². The predicted octanol–water partition coefficient (Wildman–Crippen LogP) is 1.57. The van der Waals surface area contributed by atoms with Crippen LogP contribution in [0.25, 0.3) is 22.3 Å². The second-order valence-corrected chi connectivity index (χ2v) is 4.49. The van der Waals surface area contributed by atoms with Gasteiger partial charge in [-0.3, -0.25) is 14.3 Å². The zero-order valence-corrected chi connectivity index (χ0v) is 10.9. The van der Waals surface area contributed by atoms with Gasteiger partial charge in [-0.2, -0.15) is 0 Å². The highest BCUT2D eigenvalue weighted by molar-refractivity contribution is 5.78. The number of hydrogen-bond acceptors (Lipinski definition) is 3. The van der Waals surface area contributed by atoms with Crippen LogP contribution in [0.15, 0.2) is 39.9 Å². The van der Waals surface area contributed by atoms with Gasteiger partial charge < -0.3 is 0 Å². The zero-order valence-electron chi connectivity index (χ0n) is 10.9. The Hall–Kier alpha value is -2.83. The maximum Gasteiger partial charge on any atom is 0.329 e. The quantitative estimate of drug-likeness (QED) is 0.739. The van der Waals surface area contributed by atoms with Gasteiger partial charge in [0, 0.05) is 12.6 Å². The summed E-state index contributed by atoms with van der Waals surface area (Å²) >= 11 is 0. The summed E-state index contributed by atoms with van der Waals surface area (Å²) < 4.78 is 29.0. The predicted molar refractivity (Wildman–Crippen MR) is 73.0 cm³/mol. The molecule has 0 unspecified atom stereocenters. The molecule has 0 bridgehead atoms.